The van der Waals surface area contributed by atoms with Gasteiger partial charge in [-0.1, -0.05) is 26.2 Å². The molecule has 2 atom stereocenters. The molecule has 2 unspecified atom stereocenters. The molecule has 0 saturated heterocycles. The van der Waals surface area contributed by atoms with Crippen LogP contribution in [-0.2, 0) is 0 Å². The molecular formula is C13H25NO. The Bertz CT molecular complexity index is 223. The third-order valence-corrected chi connectivity index (χ3v) is 4.93. The van der Waals surface area contributed by atoms with Crippen LogP contribution in [0.1, 0.15) is 58.3 Å². The van der Waals surface area contributed by atoms with E-state index in [4.69, 9.17) is 5.73 Å². The summed E-state index contributed by atoms with van der Waals surface area (Å²) < 4.78 is 0. The van der Waals surface area contributed by atoms with Crippen molar-refractivity contribution < 1.29 is 5.11 Å². The van der Waals surface area contributed by atoms with E-state index in [0.717, 1.165) is 25.7 Å². The van der Waals surface area contributed by atoms with Crippen LogP contribution >= 0.6 is 0 Å². The summed E-state index contributed by atoms with van der Waals surface area (Å²) in [4.78, 5) is 0. The maximum atomic E-state index is 10.9. The topological polar surface area (TPSA) is 46.2 Å². The van der Waals surface area contributed by atoms with Crippen LogP contribution in [0.5, 0.6) is 0 Å². The summed E-state index contributed by atoms with van der Waals surface area (Å²) in [6.07, 6.45) is 9.27. The molecule has 0 bridgehead atoms. The van der Waals surface area contributed by atoms with E-state index in [0.29, 0.717) is 12.5 Å². The lowest BCUT2D eigenvalue weighted by atomic mass is 9.62. The van der Waals surface area contributed by atoms with Crippen molar-refractivity contribution in [1.82, 2.24) is 0 Å². The van der Waals surface area contributed by atoms with Gasteiger partial charge in [-0.2, -0.15) is 0 Å². The Hall–Kier alpha value is -0.0800. The first kappa shape index (κ1) is 11.4. The number of hydrogen-bond donors (Lipinski definition) is 2. The molecule has 2 rings (SSSR count). The first-order chi connectivity index (χ1) is 7.12. The van der Waals surface area contributed by atoms with Crippen LogP contribution in [0, 0.1) is 11.3 Å². The molecule has 3 N–H and O–H groups in total. The van der Waals surface area contributed by atoms with Crippen LogP contribution in [0.2, 0.25) is 0 Å². The van der Waals surface area contributed by atoms with Gasteiger partial charge >= 0.3 is 0 Å². The predicted octanol–water partition coefficient (Wildman–Crippen LogP) is 2.45. The number of aliphatic hydroxyl groups is 1. The van der Waals surface area contributed by atoms with Crippen LogP contribution < -0.4 is 5.73 Å². The predicted molar refractivity (Wildman–Crippen MR) is 62.5 cm³/mol. The number of rotatable bonds is 2. The van der Waals surface area contributed by atoms with Gasteiger partial charge in [-0.15, -0.1) is 0 Å². The Labute approximate surface area is 93.2 Å². The van der Waals surface area contributed by atoms with Gasteiger partial charge in [-0.05, 0) is 38.0 Å². The molecular weight excluding hydrogens is 186 g/mol. The van der Waals surface area contributed by atoms with E-state index in [-0.39, 0.29) is 5.41 Å². The van der Waals surface area contributed by atoms with Gasteiger partial charge < -0.3 is 10.8 Å². The maximum absolute atomic E-state index is 10.9. The second kappa shape index (κ2) is 4.06. The Balaban J connectivity index is 2.17. The Morgan fingerprint density at radius 3 is 2.33 bits per heavy atom. The molecule has 2 nitrogen and oxygen atoms in total. The molecule has 15 heavy (non-hydrogen) atoms. The normalized spacial score (nSPS) is 40.6. The van der Waals surface area contributed by atoms with Gasteiger partial charge in [0.2, 0.25) is 0 Å². The van der Waals surface area contributed by atoms with Gasteiger partial charge in [0, 0.05) is 12.0 Å². The van der Waals surface area contributed by atoms with Crippen LogP contribution in [-0.4, -0.2) is 17.3 Å². The molecule has 0 spiro atoms. The van der Waals surface area contributed by atoms with Crippen molar-refractivity contribution in [3.8, 4) is 0 Å². The smallest absolute Gasteiger partial charge is 0.0718 e. The highest BCUT2D eigenvalue weighted by Gasteiger charge is 2.52. The van der Waals surface area contributed by atoms with Gasteiger partial charge in [0.25, 0.3) is 0 Å². The van der Waals surface area contributed by atoms with E-state index >= 15 is 0 Å². The molecule has 0 radical (unpaired) electrons. The standard InChI is InChI=1S/C13H25NO/c1-11-5-8-13(15,9-11)12(10-14)6-3-2-4-7-12/h11,15H,2-10,14H2,1H3. The molecule has 0 aromatic rings. The first-order valence-electron chi connectivity index (χ1n) is 6.54. The minimum absolute atomic E-state index is 0.0516. The van der Waals surface area contributed by atoms with Crippen molar-refractivity contribution in [2.75, 3.05) is 6.54 Å². The zero-order chi connectivity index (χ0) is 10.9. The molecule has 2 aliphatic carbocycles. The molecule has 2 aliphatic rings. The fraction of sp³-hybridized carbons (Fsp3) is 1.00. The number of nitrogens with two attached hydrogens (primary N) is 1. The largest absolute Gasteiger partial charge is 0.389 e. The average molecular weight is 211 g/mol. The summed E-state index contributed by atoms with van der Waals surface area (Å²) in [7, 11) is 0. The Morgan fingerprint density at radius 1 is 1.20 bits per heavy atom. The van der Waals surface area contributed by atoms with E-state index in [1.807, 2.05) is 0 Å². The lowest BCUT2D eigenvalue weighted by Crippen LogP contribution is -2.52. The summed E-state index contributed by atoms with van der Waals surface area (Å²) in [5, 5.41) is 10.9. The monoisotopic (exact) mass is 211 g/mol. The Morgan fingerprint density at radius 2 is 1.87 bits per heavy atom. The van der Waals surface area contributed by atoms with Crippen molar-refractivity contribution >= 4 is 0 Å². The van der Waals surface area contributed by atoms with Crippen molar-refractivity contribution in [1.29, 1.82) is 0 Å². The summed E-state index contributed by atoms with van der Waals surface area (Å²) in [6, 6.07) is 0. The van der Waals surface area contributed by atoms with Crippen LogP contribution in [0.25, 0.3) is 0 Å². The van der Waals surface area contributed by atoms with Crippen LogP contribution in [0.15, 0.2) is 0 Å². The lowest BCUT2D eigenvalue weighted by molar-refractivity contribution is -0.0962. The van der Waals surface area contributed by atoms with Crippen LogP contribution in [0.4, 0.5) is 0 Å². The highest BCUT2D eigenvalue weighted by molar-refractivity contribution is 5.04. The van der Waals surface area contributed by atoms with Crippen molar-refractivity contribution in [2.24, 2.45) is 17.1 Å². The molecule has 2 heteroatoms. The van der Waals surface area contributed by atoms with Gasteiger partial charge in [-0.3, -0.25) is 0 Å². The van der Waals surface area contributed by atoms with E-state index in [2.05, 4.69) is 6.92 Å². The van der Waals surface area contributed by atoms with Crippen LogP contribution in [0.3, 0.4) is 0 Å². The molecule has 0 aromatic heterocycles. The van der Waals surface area contributed by atoms with Gasteiger partial charge in [0.05, 0.1) is 5.60 Å². The zero-order valence-corrected chi connectivity index (χ0v) is 9.97. The van der Waals surface area contributed by atoms with E-state index in [9.17, 15) is 5.11 Å². The summed E-state index contributed by atoms with van der Waals surface area (Å²) in [6.45, 7) is 2.93. The minimum Gasteiger partial charge on any atom is -0.389 e. The third-order valence-electron chi connectivity index (χ3n) is 4.93. The van der Waals surface area contributed by atoms with Crippen molar-refractivity contribution in [3.05, 3.63) is 0 Å². The fourth-order valence-corrected chi connectivity index (χ4v) is 3.84. The molecule has 2 fully saturated rings. The quantitative estimate of drug-likeness (QED) is 0.737. The Kier molecular flexibility index (Phi) is 3.09. The van der Waals surface area contributed by atoms with Gasteiger partial charge in [0.1, 0.15) is 0 Å². The molecule has 0 amide bonds. The molecule has 0 aliphatic heterocycles. The second-order valence-corrected chi connectivity index (χ2v) is 5.92. The van der Waals surface area contributed by atoms with E-state index in [1.165, 1.54) is 25.7 Å². The first-order valence-corrected chi connectivity index (χ1v) is 6.54. The molecule has 0 aromatic carbocycles. The van der Waals surface area contributed by atoms with Crippen molar-refractivity contribution in [2.45, 2.75) is 63.9 Å². The van der Waals surface area contributed by atoms with Gasteiger partial charge in [-0.25, -0.2) is 0 Å². The minimum atomic E-state index is -0.443. The zero-order valence-electron chi connectivity index (χ0n) is 9.97. The third kappa shape index (κ3) is 1.83. The summed E-state index contributed by atoms with van der Waals surface area (Å²) >= 11 is 0. The molecule has 2 saturated carbocycles. The van der Waals surface area contributed by atoms with E-state index < -0.39 is 5.60 Å². The maximum Gasteiger partial charge on any atom is 0.0718 e. The number of hydrogen-bond acceptors (Lipinski definition) is 2. The molecule has 88 valence electrons. The fourth-order valence-electron chi connectivity index (χ4n) is 3.84. The SMILES string of the molecule is CC1CCC(O)(C2(CN)CCCCC2)C1. The average Bonchev–Trinajstić information content (AvgIpc) is 2.61. The van der Waals surface area contributed by atoms with E-state index in [1.54, 1.807) is 0 Å². The highest BCUT2D eigenvalue weighted by atomic mass is 16.3. The van der Waals surface area contributed by atoms with Gasteiger partial charge in [0.15, 0.2) is 0 Å². The second-order valence-electron chi connectivity index (χ2n) is 5.92. The lowest BCUT2D eigenvalue weighted by Gasteiger charge is -2.47. The highest BCUT2D eigenvalue weighted by Crippen LogP contribution is 2.52. The summed E-state index contributed by atoms with van der Waals surface area (Å²) in [5.41, 5.74) is 5.60. The summed E-state index contributed by atoms with van der Waals surface area (Å²) in [5.74, 6) is 0.681. The van der Waals surface area contributed by atoms with Crippen molar-refractivity contribution in [3.63, 3.8) is 0 Å². The molecule has 0 heterocycles.